The van der Waals surface area contributed by atoms with Crippen LogP contribution >= 0.6 is 34.5 Å². The quantitative estimate of drug-likeness (QED) is 0.555. The van der Waals surface area contributed by atoms with E-state index in [1.807, 2.05) is 30.3 Å². The Morgan fingerprint density at radius 1 is 1.14 bits per heavy atom. The molecule has 8 heteroatoms. The fourth-order valence-electron chi connectivity index (χ4n) is 3.48. The summed E-state index contributed by atoms with van der Waals surface area (Å²) in [5.41, 5.74) is 0.945. The van der Waals surface area contributed by atoms with E-state index in [2.05, 4.69) is 0 Å². The first-order chi connectivity index (χ1) is 13.3. The molecule has 3 aromatic rings. The van der Waals surface area contributed by atoms with Crippen LogP contribution in [0.15, 0.2) is 48.5 Å². The molecule has 0 radical (unpaired) electrons. The zero-order valence-corrected chi connectivity index (χ0v) is 17.9. The number of sulfone groups is 1. The number of hydrogen-bond donors (Lipinski definition) is 0. The van der Waals surface area contributed by atoms with Crippen LogP contribution in [0.2, 0.25) is 10.0 Å². The van der Waals surface area contributed by atoms with Crippen molar-refractivity contribution in [3.63, 3.8) is 0 Å². The summed E-state index contributed by atoms with van der Waals surface area (Å²) in [6.07, 6.45) is 0.440. The maximum absolute atomic E-state index is 13.4. The minimum atomic E-state index is -3.13. The highest BCUT2D eigenvalue weighted by Gasteiger charge is 2.36. The van der Waals surface area contributed by atoms with Crippen molar-refractivity contribution in [2.45, 2.75) is 19.0 Å². The number of thiophene rings is 1. The van der Waals surface area contributed by atoms with Gasteiger partial charge in [0, 0.05) is 27.7 Å². The number of carbonyl (C=O) groups is 1. The topological polar surface area (TPSA) is 54.5 Å². The van der Waals surface area contributed by atoms with Crippen LogP contribution in [0.25, 0.3) is 10.1 Å². The van der Waals surface area contributed by atoms with E-state index < -0.39 is 9.84 Å². The van der Waals surface area contributed by atoms with Crippen LogP contribution in [0.4, 0.5) is 0 Å². The first kappa shape index (κ1) is 19.7. The van der Waals surface area contributed by atoms with Gasteiger partial charge in [0.15, 0.2) is 9.84 Å². The molecule has 0 spiro atoms. The third-order valence-electron chi connectivity index (χ3n) is 4.89. The Morgan fingerprint density at radius 2 is 1.89 bits per heavy atom. The Hall–Kier alpha value is -1.60. The van der Waals surface area contributed by atoms with E-state index in [-0.39, 0.29) is 23.5 Å². The maximum Gasteiger partial charge on any atom is 0.266 e. The average molecular weight is 454 g/mol. The van der Waals surface area contributed by atoms with E-state index in [1.165, 1.54) is 11.3 Å². The van der Waals surface area contributed by atoms with E-state index in [1.54, 1.807) is 23.1 Å². The van der Waals surface area contributed by atoms with E-state index >= 15 is 0 Å². The highest BCUT2D eigenvalue weighted by molar-refractivity contribution is 7.91. The molecular formula is C20H17Cl2NO3S2. The van der Waals surface area contributed by atoms with Gasteiger partial charge >= 0.3 is 0 Å². The van der Waals surface area contributed by atoms with Crippen LogP contribution in [0.1, 0.15) is 21.7 Å². The first-order valence-electron chi connectivity index (χ1n) is 8.77. The summed E-state index contributed by atoms with van der Waals surface area (Å²) < 4.78 is 24.9. The summed E-state index contributed by atoms with van der Waals surface area (Å²) in [5.74, 6) is -0.153. The number of benzene rings is 2. The lowest BCUT2D eigenvalue weighted by molar-refractivity contribution is 0.0686. The molecule has 1 aromatic heterocycles. The molecule has 1 saturated heterocycles. The fourth-order valence-corrected chi connectivity index (χ4v) is 6.95. The molecule has 2 aromatic carbocycles. The molecular weight excluding hydrogens is 437 g/mol. The number of carbonyl (C=O) groups excluding carboxylic acids is 1. The minimum absolute atomic E-state index is 0.0140. The van der Waals surface area contributed by atoms with Crippen molar-refractivity contribution in [2.75, 3.05) is 11.5 Å². The van der Waals surface area contributed by atoms with Crippen molar-refractivity contribution < 1.29 is 13.2 Å². The Morgan fingerprint density at radius 3 is 2.57 bits per heavy atom. The Bertz CT molecular complexity index is 1140. The molecule has 1 amide bonds. The molecule has 0 aliphatic carbocycles. The number of rotatable bonds is 4. The van der Waals surface area contributed by atoms with Crippen LogP contribution < -0.4 is 0 Å². The molecule has 1 aliphatic heterocycles. The predicted octanol–water partition coefficient (Wildman–Crippen LogP) is 5.04. The summed E-state index contributed by atoms with van der Waals surface area (Å²) in [5, 5.41) is 1.74. The van der Waals surface area contributed by atoms with Crippen molar-refractivity contribution in [1.29, 1.82) is 0 Å². The molecule has 1 fully saturated rings. The van der Waals surface area contributed by atoms with Gasteiger partial charge in [0.2, 0.25) is 0 Å². The zero-order valence-electron chi connectivity index (χ0n) is 14.8. The standard InChI is InChI=1S/C20H17Cl2NO3S2/c21-14-6-7-16-17(10-14)27-19(18(16)22)20(24)23(11-13-4-2-1-3-5-13)15-8-9-28(25,26)12-15/h1-7,10,15H,8-9,11-12H2/t15-/m0/s1. The molecule has 1 atom stereocenters. The second-order valence-electron chi connectivity index (χ2n) is 6.86. The van der Waals surface area contributed by atoms with Gasteiger partial charge in [-0.05, 0) is 24.1 Å². The summed E-state index contributed by atoms with van der Waals surface area (Å²) in [6, 6.07) is 14.5. The van der Waals surface area contributed by atoms with Gasteiger partial charge < -0.3 is 4.90 Å². The Kier molecular flexibility index (Phi) is 5.40. The van der Waals surface area contributed by atoms with Crippen LogP contribution in [0.5, 0.6) is 0 Å². The second-order valence-corrected chi connectivity index (χ2v) is 11.0. The smallest absolute Gasteiger partial charge is 0.266 e. The molecule has 4 rings (SSSR count). The van der Waals surface area contributed by atoms with Crippen molar-refractivity contribution in [2.24, 2.45) is 0 Å². The van der Waals surface area contributed by atoms with Gasteiger partial charge in [0.1, 0.15) is 4.88 Å². The molecule has 0 N–H and O–H groups in total. The summed E-state index contributed by atoms with van der Waals surface area (Å²) in [4.78, 5) is 15.5. The van der Waals surface area contributed by atoms with Crippen molar-refractivity contribution in [3.8, 4) is 0 Å². The van der Waals surface area contributed by atoms with Crippen LogP contribution in [-0.4, -0.2) is 36.8 Å². The molecule has 28 heavy (non-hydrogen) atoms. The minimum Gasteiger partial charge on any atom is -0.330 e. The van der Waals surface area contributed by atoms with Crippen LogP contribution in [0.3, 0.4) is 0 Å². The Labute approximate surface area is 177 Å². The number of nitrogens with zero attached hydrogens (tertiary/aromatic N) is 1. The maximum atomic E-state index is 13.4. The lowest BCUT2D eigenvalue weighted by atomic mass is 10.1. The van der Waals surface area contributed by atoms with Gasteiger partial charge in [0.05, 0.1) is 16.5 Å². The predicted molar refractivity (Wildman–Crippen MR) is 115 cm³/mol. The molecule has 0 bridgehead atoms. The van der Waals surface area contributed by atoms with Crippen molar-refractivity contribution in [1.82, 2.24) is 4.90 Å². The fraction of sp³-hybridized carbons (Fsp3) is 0.250. The SMILES string of the molecule is O=C(c1sc2cc(Cl)ccc2c1Cl)N(Cc1ccccc1)[C@H]1CCS(=O)(=O)C1. The zero-order chi connectivity index (χ0) is 19.9. The number of amides is 1. The third-order valence-corrected chi connectivity index (χ3v) is 8.52. The molecule has 146 valence electrons. The largest absolute Gasteiger partial charge is 0.330 e. The second kappa shape index (κ2) is 7.67. The highest BCUT2D eigenvalue weighted by Crippen LogP contribution is 2.38. The van der Waals surface area contributed by atoms with Gasteiger partial charge in [-0.1, -0.05) is 59.6 Å². The normalized spacial score (nSPS) is 18.4. The first-order valence-corrected chi connectivity index (χ1v) is 12.2. The van der Waals surface area contributed by atoms with E-state index in [0.29, 0.717) is 27.9 Å². The summed E-state index contributed by atoms with van der Waals surface area (Å²) in [7, 11) is -3.13. The van der Waals surface area contributed by atoms with Gasteiger partial charge in [0.25, 0.3) is 5.91 Å². The molecule has 0 saturated carbocycles. The summed E-state index contributed by atoms with van der Waals surface area (Å²) in [6.45, 7) is 0.338. The van der Waals surface area contributed by atoms with Crippen LogP contribution in [0, 0.1) is 0 Å². The molecule has 0 unspecified atom stereocenters. The highest BCUT2D eigenvalue weighted by atomic mass is 35.5. The van der Waals surface area contributed by atoms with Gasteiger partial charge in [-0.3, -0.25) is 4.79 Å². The van der Waals surface area contributed by atoms with Gasteiger partial charge in [-0.25, -0.2) is 8.42 Å². The Balaban J connectivity index is 1.73. The number of hydrogen-bond acceptors (Lipinski definition) is 4. The average Bonchev–Trinajstić information content (AvgIpc) is 3.19. The van der Waals surface area contributed by atoms with E-state index in [9.17, 15) is 13.2 Å². The molecule has 1 aliphatic rings. The van der Waals surface area contributed by atoms with Gasteiger partial charge in [-0.15, -0.1) is 11.3 Å². The summed E-state index contributed by atoms with van der Waals surface area (Å²) >= 11 is 13.9. The molecule has 4 nitrogen and oxygen atoms in total. The monoisotopic (exact) mass is 453 g/mol. The van der Waals surface area contributed by atoms with Crippen LogP contribution in [-0.2, 0) is 16.4 Å². The van der Waals surface area contributed by atoms with E-state index in [4.69, 9.17) is 23.2 Å². The van der Waals surface area contributed by atoms with Crippen molar-refractivity contribution in [3.05, 3.63) is 69.0 Å². The molecule has 2 heterocycles. The van der Waals surface area contributed by atoms with Gasteiger partial charge in [-0.2, -0.15) is 0 Å². The lowest BCUT2D eigenvalue weighted by Crippen LogP contribution is -2.40. The number of fused-ring (bicyclic) bond motifs is 1. The lowest BCUT2D eigenvalue weighted by Gasteiger charge is -2.28. The van der Waals surface area contributed by atoms with E-state index in [0.717, 1.165) is 15.6 Å². The van der Waals surface area contributed by atoms with Crippen molar-refractivity contribution >= 4 is 60.4 Å². The third kappa shape index (κ3) is 3.92. The number of halogens is 2.